The summed E-state index contributed by atoms with van der Waals surface area (Å²) in [6, 6.07) is 12.7. The molecule has 0 aliphatic carbocycles. The maximum Gasteiger partial charge on any atom is 0.338 e. The van der Waals surface area contributed by atoms with Crippen molar-refractivity contribution in [3.63, 3.8) is 0 Å². The highest BCUT2D eigenvalue weighted by molar-refractivity contribution is 6.04. The molecule has 1 aromatic heterocycles. The first kappa shape index (κ1) is 27.9. The van der Waals surface area contributed by atoms with Crippen molar-refractivity contribution >= 4 is 34.7 Å². The second-order valence-electron chi connectivity index (χ2n) is 11.3. The average Bonchev–Trinajstić information content (AvgIpc) is 3.24. The molecule has 3 aromatic rings. The van der Waals surface area contributed by atoms with Crippen LogP contribution in [-0.4, -0.2) is 70.5 Å². The van der Waals surface area contributed by atoms with Gasteiger partial charge in [-0.1, -0.05) is 18.7 Å². The van der Waals surface area contributed by atoms with Gasteiger partial charge in [-0.2, -0.15) is 0 Å². The Hall–Kier alpha value is -4.60. The number of nitrogens with zero attached hydrogens (tertiary/aromatic N) is 3. The molecule has 214 valence electrons. The monoisotopic (exact) mass is 558 g/mol. The number of carbonyl (C=O) groups is 4. The van der Waals surface area contributed by atoms with Gasteiger partial charge in [0.05, 0.1) is 24.6 Å². The highest BCUT2D eigenvalue weighted by atomic mass is 16.6. The SMILES string of the molecule is C=CC(=O)NCCOc1ccc2c(c1)c1c(n2Cc2ccc(C(=O)OC(C)(C)C)cc2)CN2CC1C(=O)N(C)C2=O. The van der Waals surface area contributed by atoms with E-state index in [1.54, 1.807) is 17.0 Å². The van der Waals surface area contributed by atoms with Crippen LogP contribution in [0.5, 0.6) is 5.75 Å². The Kier molecular flexibility index (Phi) is 7.33. The van der Waals surface area contributed by atoms with Gasteiger partial charge in [0, 0.05) is 36.7 Å². The van der Waals surface area contributed by atoms with Crippen LogP contribution >= 0.6 is 0 Å². The molecule has 10 heteroatoms. The van der Waals surface area contributed by atoms with Crippen LogP contribution in [0.15, 0.2) is 55.1 Å². The second-order valence-corrected chi connectivity index (χ2v) is 11.3. The van der Waals surface area contributed by atoms with Gasteiger partial charge in [-0.25, -0.2) is 9.59 Å². The number of urea groups is 1. The average molecular weight is 559 g/mol. The topological polar surface area (TPSA) is 110 Å². The van der Waals surface area contributed by atoms with Gasteiger partial charge in [0.25, 0.3) is 0 Å². The zero-order valence-corrected chi connectivity index (χ0v) is 23.7. The van der Waals surface area contributed by atoms with Crippen LogP contribution in [0.25, 0.3) is 10.9 Å². The zero-order chi connectivity index (χ0) is 29.5. The lowest BCUT2D eigenvalue weighted by Crippen LogP contribution is -2.56. The molecule has 0 spiro atoms. The van der Waals surface area contributed by atoms with Gasteiger partial charge < -0.3 is 24.3 Å². The van der Waals surface area contributed by atoms with Gasteiger partial charge in [0.2, 0.25) is 11.8 Å². The van der Waals surface area contributed by atoms with Gasteiger partial charge in [-0.05, 0) is 68.3 Å². The Morgan fingerprint density at radius 3 is 2.54 bits per heavy atom. The van der Waals surface area contributed by atoms with Crippen molar-refractivity contribution < 1.29 is 28.7 Å². The summed E-state index contributed by atoms with van der Waals surface area (Å²) in [6.45, 7) is 10.7. The summed E-state index contributed by atoms with van der Waals surface area (Å²) >= 11 is 0. The predicted octanol–water partition coefficient (Wildman–Crippen LogP) is 3.82. The van der Waals surface area contributed by atoms with Crippen molar-refractivity contribution in [3.8, 4) is 5.75 Å². The lowest BCUT2D eigenvalue weighted by molar-refractivity contribution is -0.132. The number of rotatable bonds is 8. The summed E-state index contributed by atoms with van der Waals surface area (Å²) < 4.78 is 13.5. The first-order chi connectivity index (χ1) is 19.5. The third-order valence-electron chi connectivity index (χ3n) is 7.25. The molecule has 10 nitrogen and oxygen atoms in total. The summed E-state index contributed by atoms with van der Waals surface area (Å²) in [5, 5.41) is 3.57. The number of imide groups is 1. The second kappa shape index (κ2) is 10.8. The number of nitrogens with one attached hydrogen (secondary N) is 1. The quantitative estimate of drug-likeness (QED) is 0.256. The van der Waals surface area contributed by atoms with Gasteiger partial charge in [-0.3, -0.25) is 14.5 Å². The van der Waals surface area contributed by atoms with Crippen molar-refractivity contribution in [2.75, 3.05) is 26.7 Å². The number of benzene rings is 2. The number of carbonyl (C=O) groups excluding carboxylic acids is 4. The first-order valence-electron chi connectivity index (χ1n) is 13.5. The minimum Gasteiger partial charge on any atom is -0.492 e. The van der Waals surface area contributed by atoms with E-state index in [1.165, 1.54) is 18.0 Å². The molecule has 2 aromatic carbocycles. The van der Waals surface area contributed by atoms with Crippen LogP contribution in [-0.2, 0) is 27.4 Å². The first-order valence-corrected chi connectivity index (χ1v) is 13.5. The van der Waals surface area contributed by atoms with Crippen LogP contribution in [0.2, 0.25) is 0 Å². The van der Waals surface area contributed by atoms with E-state index in [0.29, 0.717) is 37.5 Å². The molecular weight excluding hydrogens is 524 g/mol. The van der Waals surface area contributed by atoms with E-state index in [0.717, 1.165) is 27.7 Å². The molecule has 0 saturated carbocycles. The molecule has 1 atom stereocenters. The highest BCUT2D eigenvalue weighted by Gasteiger charge is 2.44. The summed E-state index contributed by atoms with van der Waals surface area (Å²) in [4.78, 5) is 52.9. The Morgan fingerprint density at radius 2 is 1.85 bits per heavy atom. The molecule has 3 heterocycles. The fourth-order valence-corrected chi connectivity index (χ4v) is 5.37. The largest absolute Gasteiger partial charge is 0.492 e. The lowest BCUT2D eigenvalue weighted by atomic mass is 9.89. The number of likely N-dealkylation sites (N-methyl/N-ethyl adjacent to an activating group) is 1. The lowest BCUT2D eigenvalue weighted by Gasteiger charge is -2.41. The van der Waals surface area contributed by atoms with Gasteiger partial charge in [0.15, 0.2) is 0 Å². The normalized spacial score (nSPS) is 16.4. The molecule has 2 aliphatic heterocycles. The fraction of sp³-hybridized carbons (Fsp3) is 0.355. The molecule has 1 unspecified atom stereocenters. The molecule has 2 bridgehead atoms. The molecule has 1 N–H and O–H groups in total. The zero-order valence-electron chi connectivity index (χ0n) is 23.7. The van der Waals surface area contributed by atoms with Crippen LogP contribution in [0.1, 0.15) is 53.9 Å². The standard InChI is InChI=1S/C31H34N4O6/c1-6-26(36)32-13-14-40-21-11-12-24-22(15-21)27-23-17-34(30(39)33(5)28(23)37)18-25(27)35(24)16-19-7-9-20(10-8-19)29(38)41-31(2,3)4/h6-12,15,23H,1,13-14,16-18H2,2-5H3,(H,32,36). The van der Waals surface area contributed by atoms with Gasteiger partial charge in [-0.15, -0.1) is 0 Å². The van der Waals surface area contributed by atoms with E-state index >= 15 is 0 Å². The van der Waals surface area contributed by atoms with E-state index in [1.807, 2.05) is 51.1 Å². The molecule has 4 amide bonds. The van der Waals surface area contributed by atoms with E-state index in [2.05, 4.69) is 16.5 Å². The van der Waals surface area contributed by atoms with E-state index in [4.69, 9.17) is 9.47 Å². The Morgan fingerprint density at radius 1 is 1.12 bits per heavy atom. The Bertz CT molecular complexity index is 1550. The number of aromatic nitrogens is 1. The maximum atomic E-state index is 13.3. The van der Waals surface area contributed by atoms with E-state index in [-0.39, 0.29) is 30.4 Å². The summed E-state index contributed by atoms with van der Waals surface area (Å²) in [5.74, 6) is -0.755. The van der Waals surface area contributed by atoms with E-state index < -0.39 is 11.5 Å². The Labute approximate surface area is 238 Å². The molecule has 0 radical (unpaired) electrons. The van der Waals surface area contributed by atoms with Crippen molar-refractivity contribution in [1.82, 2.24) is 19.7 Å². The minimum atomic E-state index is -0.586. The molecule has 1 fully saturated rings. The van der Waals surface area contributed by atoms with Crippen LogP contribution < -0.4 is 10.1 Å². The van der Waals surface area contributed by atoms with Crippen molar-refractivity contribution in [2.45, 2.75) is 45.4 Å². The fourth-order valence-electron chi connectivity index (χ4n) is 5.37. The molecular formula is C31H34N4O6. The number of hydrogen-bond acceptors (Lipinski definition) is 6. The molecule has 1 saturated heterocycles. The van der Waals surface area contributed by atoms with Crippen LogP contribution in [0, 0.1) is 0 Å². The van der Waals surface area contributed by atoms with E-state index in [9.17, 15) is 19.2 Å². The highest BCUT2D eigenvalue weighted by Crippen LogP contribution is 2.41. The summed E-state index contributed by atoms with van der Waals surface area (Å²) in [7, 11) is 1.52. The third-order valence-corrected chi connectivity index (χ3v) is 7.25. The summed E-state index contributed by atoms with van der Waals surface area (Å²) in [5.41, 5.74) is 3.55. The Balaban J connectivity index is 1.49. The smallest absolute Gasteiger partial charge is 0.338 e. The summed E-state index contributed by atoms with van der Waals surface area (Å²) in [6.07, 6.45) is 1.21. The number of ether oxygens (including phenoxy) is 2. The minimum absolute atomic E-state index is 0.230. The van der Waals surface area contributed by atoms with Crippen molar-refractivity contribution in [3.05, 3.63) is 77.5 Å². The van der Waals surface area contributed by atoms with Gasteiger partial charge in [0.1, 0.15) is 18.0 Å². The van der Waals surface area contributed by atoms with Crippen LogP contribution in [0.3, 0.4) is 0 Å². The van der Waals surface area contributed by atoms with Crippen molar-refractivity contribution in [1.29, 1.82) is 0 Å². The molecule has 41 heavy (non-hydrogen) atoms. The van der Waals surface area contributed by atoms with Gasteiger partial charge >= 0.3 is 12.0 Å². The number of hydrogen-bond donors (Lipinski definition) is 1. The number of amides is 4. The molecule has 2 aliphatic rings. The number of fused-ring (bicyclic) bond motifs is 6. The maximum absolute atomic E-state index is 13.3. The van der Waals surface area contributed by atoms with Crippen molar-refractivity contribution in [2.24, 2.45) is 0 Å². The van der Waals surface area contributed by atoms with Crippen LogP contribution in [0.4, 0.5) is 4.79 Å². The predicted molar refractivity (Wildman–Crippen MR) is 153 cm³/mol. The molecule has 5 rings (SSSR count). The number of esters is 1. The third kappa shape index (κ3) is 5.54.